The molecule has 0 saturated heterocycles. The number of nitrogens with one attached hydrogen (secondary N) is 1. The van der Waals surface area contributed by atoms with Crippen molar-refractivity contribution in [3.63, 3.8) is 0 Å². The Kier molecular flexibility index (Phi) is 5.38. The zero-order valence-corrected chi connectivity index (χ0v) is 16.0. The van der Waals surface area contributed by atoms with E-state index in [0.717, 1.165) is 33.4 Å². The number of aromatic nitrogens is 2. The quantitative estimate of drug-likeness (QED) is 0.398. The van der Waals surface area contributed by atoms with E-state index in [1.807, 2.05) is 73.7 Å². The van der Waals surface area contributed by atoms with E-state index in [9.17, 15) is 4.79 Å². The number of carbonyl (C=O) groups is 1. The summed E-state index contributed by atoms with van der Waals surface area (Å²) in [6.45, 7) is 2.02. The van der Waals surface area contributed by atoms with Crippen LogP contribution >= 0.6 is 0 Å². The van der Waals surface area contributed by atoms with E-state index in [-0.39, 0.29) is 5.91 Å². The highest BCUT2D eigenvalue weighted by Crippen LogP contribution is 2.24. The van der Waals surface area contributed by atoms with Gasteiger partial charge in [-0.15, -0.1) is 0 Å². The van der Waals surface area contributed by atoms with Gasteiger partial charge in [0.05, 0.1) is 22.5 Å². The van der Waals surface area contributed by atoms with E-state index in [0.29, 0.717) is 12.0 Å². The van der Waals surface area contributed by atoms with Crippen molar-refractivity contribution in [2.45, 2.75) is 13.3 Å². The second kappa shape index (κ2) is 8.44. The van der Waals surface area contributed by atoms with Crippen LogP contribution in [0.2, 0.25) is 0 Å². The third-order valence-corrected chi connectivity index (χ3v) is 4.67. The zero-order valence-electron chi connectivity index (χ0n) is 16.0. The molecule has 1 N–H and O–H groups in total. The number of hydrogen-bond acceptors (Lipinski definition) is 4. The SMILES string of the molecule is CC/C(=N\NC(=O)c1cc(-c2ccncc2)nc2ccccc12)c1ccccc1. The van der Waals surface area contributed by atoms with E-state index < -0.39 is 0 Å². The minimum absolute atomic E-state index is 0.263. The van der Waals surface area contributed by atoms with E-state index in [2.05, 4.69) is 15.5 Å². The van der Waals surface area contributed by atoms with Crippen molar-refractivity contribution < 1.29 is 4.79 Å². The molecule has 142 valence electrons. The topological polar surface area (TPSA) is 67.2 Å². The normalized spacial score (nSPS) is 11.4. The molecule has 0 unspecified atom stereocenters. The summed E-state index contributed by atoms with van der Waals surface area (Å²) in [5.74, 6) is -0.263. The Bertz CT molecular complexity index is 1170. The predicted octanol–water partition coefficient (Wildman–Crippen LogP) is 4.84. The summed E-state index contributed by atoms with van der Waals surface area (Å²) in [6, 6.07) is 23.0. The zero-order chi connectivity index (χ0) is 20.1. The number of benzene rings is 2. The van der Waals surface area contributed by atoms with Crippen LogP contribution in [0.5, 0.6) is 0 Å². The molecule has 0 aliphatic heterocycles. The summed E-state index contributed by atoms with van der Waals surface area (Å²) in [4.78, 5) is 21.8. The van der Waals surface area contributed by atoms with Gasteiger partial charge in [0.15, 0.2) is 0 Å². The molecular formula is C24H20N4O. The molecule has 2 aromatic heterocycles. The highest BCUT2D eigenvalue weighted by molar-refractivity contribution is 6.08. The van der Waals surface area contributed by atoms with Crippen molar-refractivity contribution in [1.82, 2.24) is 15.4 Å². The van der Waals surface area contributed by atoms with E-state index in [1.165, 1.54) is 0 Å². The lowest BCUT2D eigenvalue weighted by molar-refractivity contribution is 0.0956. The Labute approximate surface area is 169 Å². The Hall–Kier alpha value is -3.86. The van der Waals surface area contributed by atoms with E-state index in [1.54, 1.807) is 18.5 Å². The fourth-order valence-electron chi connectivity index (χ4n) is 3.19. The smallest absolute Gasteiger partial charge is 0.267 e. The molecule has 5 heteroatoms. The van der Waals surface area contributed by atoms with Crippen LogP contribution in [-0.4, -0.2) is 21.6 Å². The molecule has 0 fully saturated rings. The van der Waals surface area contributed by atoms with Gasteiger partial charge in [-0.3, -0.25) is 9.78 Å². The molecule has 5 nitrogen and oxygen atoms in total. The van der Waals surface area contributed by atoms with Crippen molar-refractivity contribution >= 4 is 22.5 Å². The van der Waals surface area contributed by atoms with Crippen LogP contribution in [0.15, 0.2) is 90.3 Å². The molecule has 0 aliphatic carbocycles. The molecule has 4 rings (SSSR count). The number of fused-ring (bicyclic) bond motifs is 1. The van der Waals surface area contributed by atoms with Crippen LogP contribution in [0.25, 0.3) is 22.2 Å². The summed E-state index contributed by atoms with van der Waals surface area (Å²) in [6.07, 6.45) is 4.14. The lowest BCUT2D eigenvalue weighted by Crippen LogP contribution is -2.20. The molecule has 0 spiro atoms. The minimum Gasteiger partial charge on any atom is -0.267 e. The summed E-state index contributed by atoms with van der Waals surface area (Å²) >= 11 is 0. The number of rotatable bonds is 5. The standard InChI is InChI=1S/C24H20N4O/c1-2-21(17-8-4-3-5-9-17)27-28-24(29)20-16-23(18-12-14-25-15-13-18)26-22-11-7-6-10-19(20)22/h3-16H,2H2,1H3,(H,28,29)/b27-21+. The third-order valence-electron chi connectivity index (χ3n) is 4.67. The Morgan fingerprint density at radius 3 is 2.45 bits per heavy atom. The number of hydrogen-bond donors (Lipinski definition) is 1. The number of nitrogens with zero attached hydrogens (tertiary/aromatic N) is 3. The molecule has 2 aromatic carbocycles. The van der Waals surface area contributed by atoms with Crippen LogP contribution in [0, 0.1) is 0 Å². The summed E-state index contributed by atoms with van der Waals surface area (Å²) in [7, 11) is 0. The minimum atomic E-state index is -0.263. The maximum atomic E-state index is 13.0. The van der Waals surface area contributed by atoms with Gasteiger partial charge in [0.25, 0.3) is 5.91 Å². The Balaban J connectivity index is 1.72. The highest BCUT2D eigenvalue weighted by atomic mass is 16.2. The molecule has 0 atom stereocenters. The average Bonchev–Trinajstić information content (AvgIpc) is 2.80. The molecular weight excluding hydrogens is 360 g/mol. The van der Waals surface area contributed by atoms with Crippen molar-refractivity contribution in [3.8, 4) is 11.3 Å². The molecule has 2 heterocycles. The van der Waals surface area contributed by atoms with Crippen LogP contribution < -0.4 is 5.43 Å². The molecule has 29 heavy (non-hydrogen) atoms. The van der Waals surface area contributed by atoms with Gasteiger partial charge in [-0.25, -0.2) is 10.4 Å². The lowest BCUT2D eigenvalue weighted by Gasteiger charge is -2.10. The van der Waals surface area contributed by atoms with Gasteiger partial charge in [-0.1, -0.05) is 55.5 Å². The van der Waals surface area contributed by atoms with Crippen LogP contribution in [0.1, 0.15) is 29.3 Å². The fourth-order valence-corrected chi connectivity index (χ4v) is 3.19. The second-order valence-electron chi connectivity index (χ2n) is 6.53. The molecule has 1 amide bonds. The first-order valence-corrected chi connectivity index (χ1v) is 9.49. The van der Waals surface area contributed by atoms with Gasteiger partial charge in [0.2, 0.25) is 0 Å². The van der Waals surface area contributed by atoms with E-state index in [4.69, 9.17) is 4.98 Å². The van der Waals surface area contributed by atoms with Gasteiger partial charge in [0, 0.05) is 23.3 Å². The second-order valence-corrected chi connectivity index (χ2v) is 6.53. The van der Waals surface area contributed by atoms with Crippen molar-refractivity contribution in [1.29, 1.82) is 0 Å². The molecule has 0 saturated carbocycles. The first-order chi connectivity index (χ1) is 14.3. The van der Waals surface area contributed by atoms with E-state index >= 15 is 0 Å². The largest absolute Gasteiger partial charge is 0.272 e. The number of pyridine rings is 2. The van der Waals surface area contributed by atoms with Crippen molar-refractivity contribution in [2.75, 3.05) is 0 Å². The first-order valence-electron chi connectivity index (χ1n) is 9.49. The molecule has 0 radical (unpaired) electrons. The van der Waals surface area contributed by atoms with Crippen LogP contribution in [-0.2, 0) is 0 Å². The summed E-state index contributed by atoms with van der Waals surface area (Å²) in [5.41, 5.74) is 7.47. The molecule has 0 aliphatic rings. The van der Waals surface area contributed by atoms with Gasteiger partial charge in [-0.2, -0.15) is 5.10 Å². The fraction of sp³-hybridized carbons (Fsp3) is 0.0833. The maximum Gasteiger partial charge on any atom is 0.272 e. The van der Waals surface area contributed by atoms with Gasteiger partial charge < -0.3 is 0 Å². The van der Waals surface area contributed by atoms with Gasteiger partial charge in [-0.05, 0) is 36.2 Å². The lowest BCUT2D eigenvalue weighted by atomic mass is 10.0. The Morgan fingerprint density at radius 2 is 1.69 bits per heavy atom. The first kappa shape index (κ1) is 18.5. The molecule has 4 aromatic rings. The highest BCUT2D eigenvalue weighted by Gasteiger charge is 2.14. The monoisotopic (exact) mass is 380 g/mol. The van der Waals surface area contributed by atoms with Crippen LogP contribution in [0.3, 0.4) is 0 Å². The van der Waals surface area contributed by atoms with Gasteiger partial charge in [0.1, 0.15) is 0 Å². The number of carbonyl (C=O) groups excluding carboxylic acids is 1. The predicted molar refractivity (Wildman–Crippen MR) is 116 cm³/mol. The molecule has 0 bridgehead atoms. The summed E-state index contributed by atoms with van der Waals surface area (Å²) < 4.78 is 0. The Morgan fingerprint density at radius 1 is 0.966 bits per heavy atom. The van der Waals surface area contributed by atoms with Crippen molar-refractivity contribution in [2.24, 2.45) is 5.10 Å². The number of hydrazone groups is 1. The third kappa shape index (κ3) is 4.04. The van der Waals surface area contributed by atoms with Gasteiger partial charge >= 0.3 is 0 Å². The number of para-hydroxylation sites is 1. The number of amides is 1. The van der Waals surface area contributed by atoms with Crippen molar-refractivity contribution in [3.05, 3.63) is 96.3 Å². The maximum absolute atomic E-state index is 13.0. The summed E-state index contributed by atoms with van der Waals surface area (Å²) in [5, 5.41) is 5.17. The average molecular weight is 380 g/mol. The van der Waals surface area contributed by atoms with Crippen LogP contribution in [0.4, 0.5) is 0 Å².